The van der Waals surface area contributed by atoms with Gasteiger partial charge in [-0.2, -0.15) is 0 Å². The van der Waals surface area contributed by atoms with Crippen molar-refractivity contribution < 1.29 is 19.1 Å². The van der Waals surface area contributed by atoms with Gasteiger partial charge in [0.1, 0.15) is 0 Å². The van der Waals surface area contributed by atoms with Crippen molar-refractivity contribution in [1.29, 1.82) is 0 Å². The fraction of sp³-hybridized carbons (Fsp3) is 0.524. The topological polar surface area (TPSA) is 86.5 Å². The zero-order chi connectivity index (χ0) is 22.5. The van der Waals surface area contributed by atoms with Crippen LogP contribution < -0.4 is 0 Å². The fourth-order valence-electron chi connectivity index (χ4n) is 3.51. The molecular weight excluding hydrogens is 440 g/mol. The molecule has 1 aliphatic heterocycles. The Bertz CT molecular complexity index is 911. The van der Waals surface area contributed by atoms with Gasteiger partial charge in [0.25, 0.3) is 5.91 Å². The van der Waals surface area contributed by atoms with E-state index in [0.717, 1.165) is 5.56 Å². The summed E-state index contributed by atoms with van der Waals surface area (Å²) in [5.41, 5.74) is 0.890. The number of aromatic nitrogens is 3. The van der Waals surface area contributed by atoms with Crippen LogP contribution in [0, 0.1) is 0 Å². The van der Waals surface area contributed by atoms with Crippen LogP contribution in [0.3, 0.4) is 0 Å². The third-order valence-corrected chi connectivity index (χ3v) is 6.03. The minimum absolute atomic E-state index is 0.0340. The van der Waals surface area contributed by atoms with Gasteiger partial charge in [-0.25, -0.2) is 0 Å². The third-order valence-electron chi connectivity index (χ3n) is 4.84. The molecule has 2 heterocycles. The molecule has 0 saturated carbocycles. The molecule has 3 atom stereocenters. The second-order valence-corrected chi connectivity index (χ2v) is 8.86. The lowest BCUT2D eigenvalue weighted by atomic mass is 10.2. The zero-order valence-electron chi connectivity index (χ0n) is 18.1. The quantitative estimate of drug-likeness (QED) is 0.457. The number of esters is 1. The van der Waals surface area contributed by atoms with Gasteiger partial charge in [0.2, 0.25) is 0 Å². The molecule has 8 nitrogen and oxygen atoms in total. The summed E-state index contributed by atoms with van der Waals surface area (Å²) >= 11 is 7.19. The molecule has 0 radical (unpaired) electrons. The molecule has 1 saturated heterocycles. The molecular formula is C21H27ClN4O4S. The van der Waals surface area contributed by atoms with Crippen molar-refractivity contribution in [3.63, 3.8) is 0 Å². The molecule has 3 unspecified atom stereocenters. The van der Waals surface area contributed by atoms with E-state index in [0.29, 0.717) is 35.6 Å². The summed E-state index contributed by atoms with van der Waals surface area (Å²) in [6.45, 7) is 9.06. The first-order valence-electron chi connectivity index (χ1n) is 10.2. The Labute approximate surface area is 191 Å². The highest BCUT2D eigenvalue weighted by Gasteiger charge is 2.30. The number of morpholine rings is 1. The number of hydrogen-bond donors (Lipinski definition) is 0. The van der Waals surface area contributed by atoms with Crippen molar-refractivity contribution in [2.75, 3.05) is 18.8 Å². The van der Waals surface area contributed by atoms with Gasteiger partial charge in [-0.15, -0.1) is 10.2 Å². The zero-order valence-corrected chi connectivity index (χ0v) is 19.7. The first kappa shape index (κ1) is 23.6. The van der Waals surface area contributed by atoms with E-state index in [1.54, 1.807) is 24.0 Å². The van der Waals surface area contributed by atoms with Crippen LogP contribution in [0.1, 0.15) is 27.7 Å². The van der Waals surface area contributed by atoms with Gasteiger partial charge in [0.15, 0.2) is 17.1 Å². The van der Waals surface area contributed by atoms with Crippen LogP contribution in [0.2, 0.25) is 5.02 Å². The summed E-state index contributed by atoms with van der Waals surface area (Å²) in [6, 6.07) is 7.35. The Morgan fingerprint density at radius 2 is 1.87 bits per heavy atom. The number of amides is 1. The maximum absolute atomic E-state index is 12.6. The molecule has 168 valence electrons. The summed E-state index contributed by atoms with van der Waals surface area (Å²) in [4.78, 5) is 26.7. The van der Waals surface area contributed by atoms with E-state index in [2.05, 4.69) is 10.2 Å². The Morgan fingerprint density at radius 3 is 2.48 bits per heavy atom. The molecule has 0 aliphatic carbocycles. The molecule has 3 rings (SSSR count). The van der Waals surface area contributed by atoms with Crippen LogP contribution in [-0.4, -0.2) is 68.7 Å². The average Bonchev–Trinajstić information content (AvgIpc) is 3.14. The second-order valence-electron chi connectivity index (χ2n) is 7.48. The minimum atomic E-state index is -0.848. The van der Waals surface area contributed by atoms with E-state index in [-0.39, 0.29) is 23.9 Å². The van der Waals surface area contributed by atoms with Crippen molar-refractivity contribution in [3.8, 4) is 11.4 Å². The highest BCUT2D eigenvalue weighted by atomic mass is 35.5. The number of rotatable bonds is 7. The van der Waals surface area contributed by atoms with E-state index in [9.17, 15) is 9.59 Å². The Balaban J connectivity index is 1.57. The molecule has 1 aromatic carbocycles. The van der Waals surface area contributed by atoms with E-state index < -0.39 is 12.1 Å². The number of ether oxygens (including phenoxy) is 2. The van der Waals surface area contributed by atoms with Crippen molar-refractivity contribution >= 4 is 35.2 Å². The van der Waals surface area contributed by atoms with Crippen LogP contribution in [0.15, 0.2) is 29.4 Å². The highest BCUT2D eigenvalue weighted by Crippen LogP contribution is 2.25. The largest absolute Gasteiger partial charge is 0.452 e. The number of carbonyl (C=O) groups excluding carboxylic acids is 2. The number of hydrogen-bond acceptors (Lipinski definition) is 7. The Kier molecular flexibility index (Phi) is 7.96. The number of nitrogens with zero attached hydrogens (tertiary/aromatic N) is 4. The van der Waals surface area contributed by atoms with Gasteiger partial charge < -0.3 is 18.9 Å². The fourth-order valence-corrected chi connectivity index (χ4v) is 4.42. The monoisotopic (exact) mass is 466 g/mol. The van der Waals surface area contributed by atoms with Crippen LogP contribution in [0.25, 0.3) is 11.4 Å². The summed E-state index contributed by atoms with van der Waals surface area (Å²) < 4.78 is 12.9. The minimum Gasteiger partial charge on any atom is -0.452 e. The molecule has 1 amide bonds. The van der Waals surface area contributed by atoms with E-state index in [1.165, 1.54) is 11.8 Å². The van der Waals surface area contributed by atoms with E-state index >= 15 is 0 Å². The molecule has 10 heteroatoms. The average molecular weight is 467 g/mol. The molecule has 1 aromatic heterocycles. The number of thioether (sulfide) groups is 1. The molecule has 31 heavy (non-hydrogen) atoms. The number of halogens is 1. The standard InChI is InChI=1S/C21H27ClN4O4S/c1-5-26-19(16-6-8-17(22)9-7-16)23-24-21(26)31-12-18(27)30-15(4)20(28)25-10-13(2)29-14(3)11-25/h6-9,13-15H,5,10-12H2,1-4H3. The first-order valence-corrected chi connectivity index (χ1v) is 11.6. The van der Waals surface area contributed by atoms with Crippen LogP contribution in [0.5, 0.6) is 0 Å². The molecule has 0 bridgehead atoms. The lowest BCUT2D eigenvalue weighted by Gasteiger charge is -2.36. The predicted octanol–water partition coefficient (Wildman–Crippen LogP) is 3.28. The number of benzene rings is 1. The molecule has 0 N–H and O–H groups in total. The molecule has 1 aliphatic rings. The summed E-state index contributed by atoms with van der Waals surface area (Å²) in [6.07, 6.45) is -0.929. The van der Waals surface area contributed by atoms with E-state index in [1.807, 2.05) is 37.5 Å². The smallest absolute Gasteiger partial charge is 0.317 e. The van der Waals surface area contributed by atoms with Gasteiger partial charge in [-0.3, -0.25) is 9.59 Å². The predicted molar refractivity (Wildman–Crippen MR) is 119 cm³/mol. The molecule has 1 fully saturated rings. The van der Waals surface area contributed by atoms with Crippen LogP contribution in [0.4, 0.5) is 0 Å². The van der Waals surface area contributed by atoms with Crippen LogP contribution in [-0.2, 0) is 25.6 Å². The summed E-state index contributed by atoms with van der Waals surface area (Å²) in [7, 11) is 0. The SMILES string of the molecule is CCn1c(SCC(=O)OC(C)C(=O)N2CC(C)OC(C)C2)nnc1-c1ccc(Cl)cc1. The first-order chi connectivity index (χ1) is 14.8. The van der Waals surface area contributed by atoms with E-state index in [4.69, 9.17) is 21.1 Å². The third kappa shape index (κ3) is 5.99. The van der Waals surface area contributed by atoms with Gasteiger partial charge >= 0.3 is 5.97 Å². The van der Waals surface area contributed by atoms with Crippen molar-refractivity contribution in [3.05, 3.63) is 29.3 Å². The van der Waals surface area contributed by atoms with Gasteiger partial charge in [-0.05, 0) is 52.0 Å². The van der Waals surface area contributed by atoms with Gasteiger partial charge in [0, 0.05) is 30.2 Å². The number of carbonyl (C=O) groups is 2. The molecule has 0 spiro atoms. The van der Waals surface area contributed by atoms with Crippen LogP contribution >= 0.6 is 23.4 Å². The lowest BCUT2D eigenvalue weighted by Crippen LogP contribution is -2.51. The Morgan fingerprint density at radius 1 is 1.23 bits per heavy atom. The van der Waals surface area contributed by atoms with Gasteiger partial charge in [0.05, 0.1) is 18.0 Å². The normalized spacial score (nSPS) is 19.8. The maximum Gasteiger partial charge on any atom is 0.317 e. The maximum atomic E-state index is 12.6. The molecule has 2 aromatic rings. The lowest BCUT2D eigenvalue weighted by molar-refractivity contribution is -0.162. The summed E-state index contributed by atoms with van der Waals surface area (Å²) in [5.74, 6) is 0.0573. The van der Waals surface area contributed by atoms with Gasteiger partial charge in [-0.1, -0.05) is 23.4 Å². The highest BCUT2D eigenvalue weighted by molar-refractivity contribution is 7.99. The Hall–Kier alpha value is -2.10. The summed E-state index contributed by atoms with van der Waals surface area (Å²) in [5, 5.41) is 9.72. The second kappa shape index (κ2) is 10.5. The van der Waals surface area contributed by atoms with Crippen molar-refractivity contribution in [2.45, 2.75) is 57.7 Å². The van der Waals surface area contributed by atoms with Crippen molar-refractivity contribution in [1.82, 2.24) is 19.7 Å². The van der Waals surface area contributed by atoms with Crippen molar-refractivity contribution in [2.24, 2.45) is 0 Å².